The molecule has 4 heterocycles. The predicted octanol–water partition coefficient (Wildman–Crippen LogP) is 7.28. The van der Waals surface area contributed by atoms with Crippen LogP contribution in [0.25, 0.3) is 33.2 Å². The number of benzene rings is 1. The van der Waals surface area contributed by atoms with Crippen LogP contribution < -0.4 is 4.90 Å². The lowest BCUT2D eigenvalue weighted by Gasteiger charge is -2.39. The smallest absolute Gasteiger partial charge is 0.163 e. The average molecular weight is 553 g/mol. The van der Waals surface area contributed by atoms with E-state index in [2.05, 4.69) is 61.2 Å². The van der Waals surface area contributed by atoms with Crippen LogP contribution in [0.1, 0.15) is 38.8 Å². The number of piperidine rings is 1. The van der Waals surface area contributed by atoms with Gasteiger partial charge in [-0.25, -0.2) is 9.97 Å². The molecular weight excluding hydrogens is 512 g/mol. The molecule has 0 radical (unpaired) electrons. The number of halogens is 1. The molecule has 0 atom stereocenters. The molecule has 5 rings (SSSR count). The first-order valence-electron chi connectivity index (χ1n) is 13.8. The van der Waals surface area contributed by atoms with Crippen molar-refractivity contribution in [3.8, 4) is 11.1 Å². The van der Waals surface area contributed by atoms with E-state index < -0.39 is 8.07 Å². The van der Waals surface area contributed by atoms with E-state index in [1.807, 2.05) is 25.4 Å². The van der Waals surface area contributed by atoms with Gasteiger partial charge in [-0.15, -0.1) is 0 Å². The first kappa shape index (κ1) is 27.2. The summed E-state index contributed by atoms with van der Waals surface area (Å²) in [4.78, 5) is 12.8. The van der Waals surface area contributed by atoms with Gasteiger partial charge in [-0.3, -0.25) is 4.68 Å². The van der Waals surface area contributed by atoms with Gasteiger partial charge in [0.25, 0.3) is 0 Å². The van der Waals surface area contributed by atoms with Crippen molar-refractivity contribution in [3.63, 3.8) is 0 Å². The van der Waals surface area contributed by atoms with Crippen molar-refractivity contribution < 1.29 is 4.74 Å². The molecule has 38 heavy (non-hydrogen) atoms. The molecule has 4 aromatic rings. The lowest BCUT2D eigenvalue weighted by atomic mass is 9.78. The monoisotopic (exact) mass is 552 g/mol. The topological polar surface area (TPSA) is 61.0 Å². The average Bonchev–Trinajstić information content (AvgIpc) is 3.42. The number of anilines is 1. The van der Waals surface area contributed by atoms with Crippen LogP contribution in [-0.2, 0) is 18.5 Å². The minimum absolute atomic E-state index is 0.418. The Hall–Kier alpha value is -2.42. The van der Waals surface area contributed by atoms with E-state index >= 15 is 0 Å². The third-order valence-corrected chi connectivity index (χ3v) is 10.3. The minimum atomic E-state index is -1.18. The van der Waals surface area contributed by atoms with Gasteiger partial charge in [-0.2, -0.15) is 5.10 Å². The summed E-state index contributed by atoms with van der Waals surface area (Å²) in [6.07, 6.45) is 7.64. The van der Waals surface area contributed by atoms with Crippen LogP contribution in [0.3, 0.4) is 0 Å². The van der Waals surface area contributed by atoms with Crippen molar-refractivity contribution in [2.75, 3.05) is 24.6 Å². The zero-order valence-corrected chi connectivity index (χ0v) is 25.7. The third-order valence-electron chi connectivity index (χ3n) is 8.22. The molecule has 9 heteroatoms. The van der Waals surface area contributed by atoms with E-state index in [4.69, 9.17) is 26.3 Å². The number of hydrogen-bond acceptors (Lipinski definition) is 5. The van der Waals surface area contributed by atoms with Gasteiger partial charge >= 0.3 is 0 Å². The molecular formula is C29H41ClN6OSi. The highest BCUT2D eigenvalue weighted by Gasteiger charge is 2.30. The van der Waals surface area contributed by atoms with Gasteiger partial charge < -0.3 is 14.2 Å². The van der Waals surface area contributed by atoms with Crippen molar-refractivity contribution in [2.45, 2.75) is 72.4 Å². The molecule has 1 aromatic carbocycles. The Morgan fingerprint density at radius 1 is 1.08 bits per heavy atom. The third kappa shape index (κ3) is 5.35. The van der Waals surface area contributed by atoms with E-state index in [1.54, 1.807) is 4.68 Å². The molecule has 0 bridgehead atoms. The second-order valence-corrected chi connectivity index (χ2v) is 18.5. The molecule has 0 N–H and O–H groups in total. The fourth-order valence-electron chi connectivity index (χ4n) is 5.30. The van der Waals surface area contributed by atoms with Gasteiger partial charge in [0, 0.05) is 63.7 Å². The van der Waals surface area contributed by atoms with Gasteiger partial charge in [0.15, 0.2) is 11.5 Å². The summed E-state index contributed by atoms with van der Waals surface area (Å²) in [6, 6.07) is 5.20. The highest BCUT2D eigenvalue weighted by atomic mass is 35.5. The van der Waals surface area contributed by atoms with Gasteiger partial charge in [0.05, 0.1) is 16.2 Å². The number of nitrogens with zero attached hydrogens (tertiary/aromatic N) is 6. The number of hydrogen-bond donors (Lipinski definition) is 0. The number of fused-ring (bicyclic) bond motifs is 2. The number of rotatable bonds is 8. The summed E-state index contributed by atoms with van der Waals surface area (Å²) in [7, 11) is 0.740. The van der Waals surface area contributed by atoms with Crippen molar-refractivity contribution in [1.29, 1.82) is 0 Å². The Morgan fingerprint density at radius 3 is 2.50 bits per heavy atom. The summed E-state index contributed by atoms with van der Waals surface area (Å²) < 4.78 is 10.1. The van der Waals surface area contributed by atoms with Crippen molar-refractivity contribution in [1.82, 2.24) is 24.3 Å². The van der Waals surface area contributed by atoms with Gasteiger partial charge in [0.2, 0.25) is 0 Å². The maximum atomic E-state index is 6.96. The van der Waals surface area contributed by atoms with E-state index in [0.717, 1.165) is 70.4 Å². The normalized spacial score (nSPS) is 16.2. The standard InChI is InChI=1S/C29H41ClN6OSi/c1-8-29(3)11-13-35(14-12-29)27-20(2)31-26-22(21-9-10-24-23(25(21)30)17-34(4)33-24)18-36(28(26)32-27)19-37-15-16-38(5,6)7/h9-10,17-18H,8,11-16,19H2,1-7H3. The van der Waals surface area contributed by atoms with E-state index in [1.165, 1.54) is 19.3 Å². The Labute approximate surface area is 232 Å². The zero-order chi connectivity index (χ0) is 27.2. The van der Waals surface area contributed by atoms with Crippen LogP contribution in [-0.4, -0.2) is 52.1 Å². The van der Waals surface area contributed by atoms with E-state index in [0.29, 0.717) is 17.2 Å². The van der Waals surface area contributed by atoms with E-state index in [9.17, 15) is 0 Å². The summed E-state index contributed by atoms with van der Waals surface area (Å²) in [5.41, 5.74) is 5.88. The zero-order valence-electron chi connectivity index (χ0n) is 23.9. The lowest BCUT2D eigenvalue weighted by Crippen LogP contribution is -2.39. The van der Waals surface area contributed by atoms with Gasteiger partial charge in [-0.1, -0.05) is 57.6 Å². The first-order chi connectivity index (χ1) is 18.0. The molecule has 1 aliphatic rings. The number of ether oxygens (including phenoxy) is 1. The molecule has 3 aromatic heterocycles. The van der Waals surface area contributed by atoms with Crippen LogP contribution in [0.15, 0.2) is 24.5 Å². The molecule has 1 aliphatic heterocycles. The molecule has 0 amide bonds. The lowest BCUT2D eigenvalue weighted by molar-refractivity contribution is 0.0899. The molecule has 1 saturated heterocycles. The number of aryl methyl sites for hydroxylation is 2. The Balaban J connectivity index is 1.56. The van der Waals surface area contributed by atoms with Crippen LogP contribution in [0.2, 0.25) is 30.7 Å². The highest BCUT2D eigenvalue weighted by Crippen LogP contribution is 2.40. The molecule has 0 spiro atoms. The Morgan fingerprint density at radius 2 is 1.82 bits per heavy atom. The Bertz CT molecular complexity index is 1460. The quantitative estimate of drug-likeness (QED) is 0.170. The Kier molecular flexibility index (Phi) is 7.35. The van der Waals surface area contributed by atoms with Crippen LogP contribution in [0, 0.1) is 12.3 Å². The van der Waals surface area contributed by atoms with Crippen molar-refractivity contribution >= 4 is 47.6 Å². The maximum Gasteiger partial charge on any atom is 0.163 e. The summed E-state index contributed by atoms with van der Waals surface area (Å²) in [5, 5.41) is 6.14. The minimum Gasteiger partial charge on any atom is -0.361 e. The summed E-state index contributed by atoms with van der Waals surface area (Å²) >= 11 is 6.96. The van der Waals surface area contributed by atoms with Crippen LogP contribution in [0.4, 0.5) is 5.82 Å². The van der Waals surface area contributed by atoms with Crippen molar-refractivity contribution in [2.24, 2.45) is 12.5 Å². The van der Waals surface area contributed by atoms with Gasteiger partial charge in [-0.05, 0) is 37.3 Å². The second kappa shape index (κ2) is 10.3. The van der Waals surface area contributed by atoms with Crippen LogP contribution >= 0.6 is 11.6 Å². The summed E-state index contributed by atoms with van der Waals surface area (Å²) in [6.45, 7) is 17.1. The number of aromatic nitrogens is 5. The van der Waals surface area contributed by atoms with Gasteiger partial charge in [0.1, 0.15) is 12.2 Å². The van der Waals surface area contributed by atoms with Crippen molar-refractivity contribution in [3.05, 3.63) is 35.2 Å². The molecule has 0 saturated carbocycles. The fourth-order valence-corrected chi connectivity index (χ4v) is 6.36. The first-order valence-corrected chi connectivity index (χ1v) is 17.9. The second-order valence-electron chi connectivity index (χ2n) is 12.5. The van der Waals surface area contributed by atoms with Crippen LogP contribution in [0.5, 0.6) is 0 Å². The largest absolute Gasteiger partial charge is 0.361 e. The fraction of sp³-hybridized carbons (Fsp3) is 0.552. The molecule has 0 unspecified atom stereocenters. The SMILES string of the molecule is CCC1(C)CCN(c2nc3c(nc2C)c(-c2ccc4nn(C)cc4c2Cl)cn3COCC[Si](C)(C)C)CC1. The molecule has 204 valence electrons. The predicted molar refractivity (Wildman–Crippen MR) is 161 cm³/mol. The highest BCUT2D eigenvalue weighted by molar-refractivity contribution is 6.76. The molecule has 0 aliphatic carbocycles. The molecule has 1 fully saturated rings. The van der Waals surface area contributed by atoms with E-state index in [-0.39, 0.29) is 0 Å². The maximum absolute atomic E-state index is 6.96. The summed E-state index contributed by atoms with van der Waals surface area (Å²) in [5.74, 6) is 0.984. The molecule has 7 nitrogen and oxygen atoms in total.